The zero-order valence-electron chi connectivity index (χ0n) is 21.4. The number of nitrogens with zero attached hydrogens (tertiary/aromatic N) is 3. The van der Waals surface area contributed by atoms with Crippen LogP contribution in [-0.2, 0) is 15.4 Å². The third-order valence-electron chi connectivity index (χ3n) is 6.51. The average molecular weight is 640 g/mol. The molecule has 0 fully saturated rings. The predicted octanol–water partition coefficient (Wildman–Crippen LogP) is 8.11. The molecule has 0 saturated heterocycles. The Morgan fingerprint density at radius 3 is 2.51 bits per heavy atom. The smallest absolute Gasteiger partial charge is 0.262 e. The molecular weight excluding hydrogens is 616 g/mol. The number of hydrogen-bond donors (Lipinski definition) is 1. The van der Waals surface area contributed by atoms with Crippen molar-refractivity contribution in [3.8, 4) is 11.8 Å². The number of nitriles is 1. The van der Waals surface area contributed by atoms with Crippen molar-refractivity contribution in [2.45, 2.75) is 37.5 Å². The largest absolute Gasteiger partial charge is 0.269 e. The fourth-order valence-corrected chi connectivity index (χ4v) is 7.76. The highest BCUT2D eigenvalue weighted by Crippen LogP contribution is 2.48. The third kappa shape index (κ3) is 5.35. The molecular formula is C29H24BrClN4O2S2. The molecule has 10 heteroatoms. The van der Waals surface area contributed by atoms with Crippen LogP contribution in [0.3, 0.4) is 0 Å². The van der Waals surface area contributed by atoms with Crippen LogP contribution in [0.15, 0.2) is 75.6 Å². The molecule has 2 heterocycles. The summed E-state index contributed by atoms with van der Waals surface area (Å²) in [5.41, 5.74) is 4.26. The van der Waals surface area contributed by atoms with E-state index >= 15 is 0 Å². The summed E-state index contributed by atoms with van der Waals surface area (Å²) >= 11 is 11.4. The lowest BCUT2D eigenvalue weighted by Crippen LogP contribution is -2.20. The molecule has 0 unspecified atom stereocenters. The summed E-state index contributed by atoms with van der Waals surface area (Å²) in [6, 6.07) is 18.3. The Hall–Kier alpha value is -3.16. The van der Waals surface area contributed by atoms with E-state index in [0.717, 1.165) is 37.4 Å². The first kappa shape index (κ1) is 27.4. The van der Waals surface area contributed by atoms with Crippen LogP contribution in [0.5, 0.6) is 0 Å². The van der Waals surface area contributed by atoms with E-state index in [2.05, 4.69) is 45.7 Å². The molecule has 6 nitrogen and oxygen atoms in total. The van der Waals surface area contributed by atoms with Crippen LogP contribution >= 0.6 is 38.9 Å². The van der Waals surface area contributed by atoms with Crippen LogP contribution in [0.1, 0.15) is 47.5 Å². The van der Waals surface area contributed by atoms with Crippen molar-refractivity contribution in [3.05, 3.63) is 103 Å². The molecule has 39 heavy (non-hydrogen) atoms. The van der Waals surface area contributed by atoms with Crippen molar-refractivity contribution in [1.82, 2.24) is 9.78 Å². The van der Waals surface area contributed by atoms with Gasteiger partial charge in [0, 0.05) is 25.9 Å². The van der Waals surface area contributed by atoms with Crippen LogP contribution in [0.25, 0.3) is 17.8 Å². The van der Waals surface area contributed by atoms with Crippen molar-refractivity contribution in [2.75, 3.05) is 4.72 Å². The van der Waals surface area contributed by atoms with E-state index in [0.29, 0.717) is 22.1 Å². The van der Waals surface area contributed by atoms with Gasteiger partial charge < -0.3 is 0 Å². The van der Waals surface area contributed by atoms with Crippen LogP contribution in [0, 0.1) is 18.3 Å². The van der Waals surface area contributed by atoms with Gasteiger partial charge in [-0.25, -0.2) is 13.1 Å². The Bertz CT molecular complexity index is 1780. The maximum absolute atomic E-state index is 13.1. The quantitative estimate of drug-likeness (QED) is 0.231. The van der Waals surface area contributed by atoms with Crippen LogP contribution in [-0.4, -0.2) is 18.2 Å². The lowest BCUT2D eigenvalue weighted by molar-refractivity contribution is 0.531. The van der Waals surface area contributed by atoms with Crippen LogP contribution < -0.4 is 4.72 Å². The number of para-hydroxylation sites is 1. The number of aryl methyl sites for hydroxylation is 1. The summed E-state index contributed by atoms with van der Waals surface area (Å²) in [4.78, 5) is 1.10. The number of halogens is 2. The van der Waals surface area contributed by atoms with Crippen molar-refractivity contribution < 1.29 is 8.42 Å². The maximum atomic E-state index is 13.1. The van der Waals surface area contributed by atoms with Gasteiger partial charge in [0.1, 0.15) is 16.2 Å². The molecule has 0 saturated carbocycles. The van der Waals surface area contributed by atoms with E-state index in [4.69, 9.17) is 11.6 Å². The number of hydrogen-bond acceptors (Lipinski definition) is 5. The fraction of sp³-hybridized carbons (Fsp3) is 0.172. The Balaban J connectivity index is 1.50. The monoisotopic (exact) mass is 638 g/mol. The normalized spacial score (nSPS) is 14.6. The number of aromatic nitrogens is 2. The van der Waals surface area contributed by atoms with Gasteiger partial charge in [-0.05, 0) is 67.5 Å². The zero-order valence-corrected chi connectivity index (χ0v) is 25.3. The first-order valence-electron chi connectivity index (χ1n) is 12.0. The molecule has 1 aliphatic rings. The summed E-state index contributed by atoms with van der Waals surface area (Å²) in [6.07, 6.45) is 6.63. The second-order valence-corrected chi connectivity index (χ2v) is 13.8. The van der Waals surface area contributed by atoms with Gasteiger partial charge in [-0.3, -0.25) is 4.72 Å². The van der Waals surface area contributed by atoms with Crippen molar-refractivity contribution in [1.29, 1.82) is 5.26 Å². The van der Waals surface area contributed by atoms with Gasteiger partial charge in [0.2, 0.25) is 0 Å². The van der Waals surface area contributed by atoms with E-state index in [9.17, 15) is 13.7 Å². The van der Waals surface area contributed by atoms with E-state index in [1.54, 1.807) is 16.8 Å². The molecule has 5 rings (SSSR count). The van der Waals surface area contributed by atoms with Gasteiger partial charge in [-0.2, -0.15) is 10.4 Å². The Kier molecular flexibility index (Phi) is 7.33. The van der Waals surface area contributed by atoms with Crippen LogP contribution in [0.4, 0.5) is 5.00 Å². The highest BCUT2D eigenvalue weighted by atomic mass is 79.9. The molecule has 198 valence electrons. The minimum absolute atomic E-state index is 0.127. The molecule has 1 N–H and O–H groups in total. The number of anilines is 1. The van der Waals surface area contributed by atoms with Crippen molar-refractivity contribution in [2.24, 2.45) is 0 Å². The zero-order chi connectivity index (χ0) is 27.9. The third-order valence-corrected chi connectivity index (χ3v) is 10.4. The fourth-order valence-electron chi connectivity index (χ4n) is 4.63. The summed E-state index contributed by atoms with van der Waals surface area (Å²) in [7, 11) is -3.86. The molecule has 2 aromatic carbocycles. The second kappa shape index (κ2) is 10.4. The molecule has 0 spiro atoms. The minimum Gasteiger partial charge on any atom is -0.269 e. The number of nitrogens with one attached hydrogen (secondary N) is 1. The molecule has 4 aromatic rings. The highest BCUT2D eigenvalue weighted by Gasteiger charge is 2.34. The summed E-state index contributed by atoms with van der Waals surface area (Å²) in [5, 5.41) is 15.5. The molecule has 2 aromatic heterocycles. The lowest BCUT2D eigenvalue weighted by Gasteiger charge is -2.29. The van der Waals surface area contributed by atoms with Gasteiger partial charge in [0.15, 0.2) is 0 Å². The number of thiophene rings is 1. The number of rotatable bonds is 6. The van der Waals surface area contributed by atoms with Crippen LogP contribution in [0.2, 0.25) is 5.15 Å². The maximum Gasteiger partial charge on any atom is 0.262 e. The van der Waals surface area contributed by atoms with E-state index in [1.165, 1.54) is 23.5 Å². The van der Waals surface area contributed by atoms with Gasteiger partial charge in [0.25, 0.3) is 10.0 Å². The first-order chi connectivity index (χ1) is 18.5. The minimum atomic E-state index is -3.86. The number of benzene rings is 2. The van der Waals surface area contributed by atoms with Gasteiger partial charge in [-0.1, -0.05) is 65.7 Å². The SMILES string of the molecule is Cc1nn(-c2ccccc2)c(Cl)c1/C=C\C1=Cc2c(sc(NS(=O)(=O)c3ccc(Br)cc3)c2C#N)C(C)(C)C1. The van der Waals surface area contributed by atoms with Crippen molar-refractivity contribution in [3.63, 3.8) is 0 Å². The highest BCUT2D eigenvalue weighted by molar-refractivity contribution is 9.10. The molecule has 0 aliphatic heterocycles. The van der Waals surface area contributed by atoms with E-state index < -0.39 is 10.0 Å². The predicted molar refractivity (Wildman–Crippen MR) is 162 cm³/mol. The summed E-state index contributed by atoms with van der Waals surface area (Å²) in [6.45, 7) is 6.12. The second-order valence-electron chi connectivity index (χ2n) is 9.87. The standard InChI is InChI=1S/C29H24BrClN4O2S2/c1-18-23(27(31)35(33-18)21-7-5-4-6-8-21)14-9-19-15-24-25(17-32)28(38-26(24)29(2,3)16-19)34-39(36,37)22-12-10-20(30)11-13-22/h4-15,34H,16H2,1-3H3/b14-9-. The topological polar surface area (TPSA) is 87.8 Å². The Labute approximate surface area is 245 Å². The molecule has 0 amide bonds. The number of allylic oxidation sites excluding steroid dienone is 2. The molecule has 0 radical (unpaired) electrons. The van der Waals surface area contributed by atoms with Gasteiger partial charge in [-0.15, -0.1) is 11.3 Å². The first-order valence-corrected chi connectivity index (χ1v) is 15.5. The lowest BCUT2D eigenvalue weighted by atomic mass is 9.77. The molecule has 0 bridgehead atoms. The van der Waals surface area contributed by atoms with Crippen molar-refractivity contribution >= 4 is 66.0 Å². The summed E-state index contributed by atoms with van der Waals surface area (Å²) in [5.74, 6) is 0. The molecule has 1 aliphatic carbocycles. The van der Waals surface area contributed by atoms with E-state index in [1.807, 2.05) is 55.5 Å². The number of sulfonamides is 1. The Morgan fingerprint density at radius 1 is 1.15 bits per heavy atom. The average Bonchev–Trinajstić information content (AvgIpc) is 3.39. The summed E-state index contributed by atoms with van der Waals surface area (Å²) < 4.78 is 31.3. The van der Waals surface area contributed by atoms with E-state index in [-0.39, 0.29) is 10.3 Å². The van der Waals surface area contributed by atoms with Gasteiger partial charge in [0.05, 0.1) is 21.8 Å². The van der Waals surface area contributed by atoms with Gasteiger partial charge >= 0.3 is 0 Å². The number of fused-ring (bicyclic) bond motifs is 1. The Morgan fingerprint density at radius 2 is 1.85 bits per heavy atom. The molecule has 0 atom stereocenters.